The number of carbonyl (C=O) groups is 3. The zero-order valence-electron chi connectivity index (χ0n) is 15.1. The lowest BCUT2D eigenvalue weighted by Gasteiger charge is -2.26. The van der Waals surface area contributed by atoms with Gasteiger partial charge in [-0.15, -0.1) is 0 Å². The number of nitrogens with zero attached hydrogens (tertiary/aromatic N) is 1. The Morgan fingerprint density at radius 2 is 2.04 bits per heavy atom. The smallest absolute Gasteiger partial charge is 0.306 e. The lowest BCUT2D eigenvalue weighted by Crippen LogP contribution is -2.48. The Kier molecular flexibility index (Phi) is 5.89. The Morgan fingerprint density at radius 1 is 1.26 bits per heavy atom. The fraction of sp³-hybridized carbons (Fsp3) is 0.526. The van der Waals surface area contributed by atoms with Gasteiger partial charge in [-0.2, -0.15) is 0 Å². The Morgan fingerprint density at radius 3 is 2.70 bits per heavy atom. The highest BCUT2D eigenvalue weighted by Crippen LogP contribution is 2.29. The Bertz CT molecular complexity index is 754. The van der Waals surface area contributed by atoms with E-state index in [1.165, 1.54) is 7.11 Å². The largest absolute Gasteiger partial charge is 0.496 e. The minimum atomic E-state index is -0.822. The van der Waals surface area contributed by atoms with Crippen molar-refractivity contribution in [2.45, 2.75) is 44.2 Å². The molecule has 8 heteroatoms. The van der Waals surface area contributed by atoms with Crippen LogP contribution in [0.5, 0.6) is 5.75 Å². The van der Waals surface area contributed by atoms with Crippen LogP contribution >= 0.6 is 11.6 Å². The molecular formula is C19H23ClN2O5. The van der Waals surface area contributed by atoms with Gasteiger partial charge in [0.1, 0.15) is 11.8 Å². The van der Waals surface area contributed by atoms with Crippen molar-refractivity contribution in [3.05, 3.63) is 28.8 Å². The number of hydrogen-bond acceptors (Lipinski definition) is 4. The van der Waals surface area contributed by atoms with Crippen LogP contribution in [0.4, 0.5) is 0 Å². The van der Waals surface area contributed by atoms with Gasteiger partial charge >= 0.3 is 5.97 Å². The Hall–Kier alpha value is -2.28. The Labute approximate surface area is 162 Å². The summed E-state index contributed by atoms with van der Waals surface area (Å²) in [5, 5.41) is 12.5. The molecule has 7 nitrogen and oxygen atoms in total. The van der Waals surface area contributed by atoms with E-state index < -0.39 is 17.9 Å². The van der Waals surface area contributed by atoms with Crippen molar-refractivity contribution in [3.63, 3.8) is 0 Å². The number of aliphatic carboxylic acids is 1. The molecule has 1 aromatic rings. The number of likely N-dealkylation sites (tertiary alicyclic amines) is 1. The first-order valence-electron chi connectivity index (χ1n) is 9.08. The lowest BCUT2D eigenvalue weighted by atomic mass is 10.1. The van der Waals surface area contributed by atoms with Gasteiger partial charge in [-0.3, -0.25) is 14.4 Å². The molecule has 27 heavy (non-hydrogen) atoms. The first-order valence-corrected chi connectivity index (χ1v) is 9.46. The van der Waals surface area contributed by atoms with E-state index in [4.69, 9.17) is 21.4 Å². The predicted octanol–water partition coefficient (Wildman–Crippen LogP) is 2.32. The van der Waals surface area contributed by atoms with Crippen LogP contribution in [0, 0.1) is 5.92 Å². The standard InChI is InChI=1S/C19H23ClN2O5/c1-27-16-7-5-12(20)10-14(16)18(24)22-8-2-3-15(22)17(23)21-13-6-4-11(9-13)19(25)26/h5,7,10-11,13,15H,2-4,6,8-9H2,1H3,(H,21,23)(H,25,26)/t11-,13+,15?/m0/s1. The summed E-state index contributed by atoms with van der Waals surface area (Å²) in [6.45, 7) is 0.481. The molecule has 1 aliphatic carbocycles. The molecule has 1 unspecified atom stereocenters. The molecule has 0 bridgehead atoms. The molecule has 2 fully saturated rings. The second kappa shape index (κ2) is 8.17. The van der Waals surface area contributed by atoms with E-state index in [1.807, 2.05) is 0 Å². The number of methoxy groups -OCH3 is 1. The van der Waals surface area contributed by atoms with Crippen molar-refractivity contribution >= 4 is 29.4 Å². The van der Waals surface area contributed by atoms with Crippen LogP contribution in [0.1, 0.15) is 42.5 Å². The second-order valence-corrected chi connectivity index (χ2v) is 7.49. The number of carboxylic acids is 1. The van der Waals surface area contributed by atoms with Crippen molar-refractivity contribution in [1.82, 2.24) is 10.2 Å². The molecule has 3 rings (SSSR count). The summed E-state index contributed by atoms with van der Waals surface area (Å²) in [6, 6.07) is 4.10. The monoisotopic (exact) mass is 394 g/mol. The predicted molar refractivity (Wildman–Crippen MR) is 99.0 cm³/mol. The van der Waals surface area contributed by atoms with Gasteiger partial charge < -0.3 is 20.1 Å². The van der Waals surface area contributed by atoms with Gasteiger partial charge in [0, 0.05) is 17.6 Å². The van der Waals surface area contributed by atoms with Crippen molar-refractivity contribution in [3.8, 4) is 5.75 Å². The molecule has 146 valence electrons. The number of amides is 2. The maximum atomic E-state index is 13.0. The molecule has 1 saturated heterocycles. The average molecular weight is 395 g/mol. The van der Waals surface area contributed by atoms with E-state index in [9.17, 15) is 14.4 Å². The third-order valence-corrected chi connectivity index (χ3v) is 5.57. The maximum absolute atomic E-state index is 13.0. The van der Waals surface area contributed by atoms with Crippen LogP contribution in [-0.4, -0.2) is 53.5 Å². The number of carbonyl (C=O) groups excluding carboxylic acids is 2. The van der Waals surface area contributed by atoms with Crippen molar-refractivity contribution in [1.29, 1.82) is 0 Å². The van der Waals surface area contributed by atoms with Gasteiger partial charge in [0.15, 0.2) is 0 Å². The van der Waals surface area contributed by atoms with Gasteiger partial charge in [-0.05, 0) is 50.3 Å². The van der Waals surface area contributed by atoms with Crippen molar-refractivity contribution in [2.24, 2.45) is 5.92 Å². The highest BCUT2D eigenvalue weighted by Gasteiger charge is 2.38. The molecule has 1 saturated carbocycles. The van der Waals surface area contributed by atoms with Crippen LogP contribution in [0.3, 0.4) is 0 Å². The first-order chi connectivity index (χ1) is 12.9. The number of rotatable bonds is 5. The van der Waals surface area contributed by atoms with Crippen molar-refractivity contribution < 1.29 is 24.2 Å². The summed E-state index contributed by atoms with van der Waals surface area (Å²) >= 11 is 6.02. The van der Waals surface area contributed by atoms with Gasteiger partial charge in [0.05, 0.1) is 18.6 Å². The molecule has 1 aliphatic heterocycles. The van der Waals surface area contributed by atoms with E-state index in [2.05, 4.69) is 5.32 Å². The van der Waals surface area contributed by atoms with Gasteiger partial charge in [0.2, 0.25) is 5.91 Å². The molecule has 0 radical (unpaired) electrons. The number of halogens is 1. The SMILES string of the molecule is COc1ccc(Cl)cc1C(=O)N1CCCC1C(=O)N[C@@H]1CC[C@H](C(=O)O)C1. The normalized spacial score (nSPS) is 24.7. The summed E-state index contributed by atoms with van der Waals surface area (Å²) in [5.41, 5.74) is 0.330. The van der Waals surface area contributed by atoms with Crippen LogP contribution in [0.15, 0.2) is 18.2 Å². The van der Waals surface area contributed by atoms with E-state index in [0.29, 0.717) is 48.6 Å². The minimum absolute atomic E-state index is 0.156. The molecule has 2 amide bonds. The van der Waals surface area contributed by atoms with Gasteiger partial charge in [-0.25, -0.2) is 0 Å². The van der Waals surface area contributed by atoms with Crippen LogP contribution in [0.25, 0.3) is 0 Å². The molecule has 0 spiro atoms. The topological polar surface area (TPSA) is 95.9 Å². The minimum Gasteiger partial charge on any atom is -0.496 e. The van der Waals surface area contributed by atoms with E-state index in [1.54, 1.807) is 23.1 Å². The lowest BCUT2D eigenvalue weighted by molar-refractivity contribution is -0.141. The first kappa shape index (κ1) is 19.5. The molecular weight excluding hydrogens is 372 g/mol. The zero-order valence-corrected chi connectivity index (χ0v) is 15.9. The Balaban J connectivity index is 1.70. The fourth-order valence-electron chi connectivity index (χ4n) is 3.92. The third kappa shape index (κ3) is 4.18. The summed E-state index contributed by atoms with van der Waals surface area (Å²) in [7, 11) is 1.48. The fourth-order valence-corrected chi connectivity index (χ4v) is 4.09. The molecule has 0 aromatic heterocycles. The second-order valence-electron chi connectivity index (χ2n) is 7.05. The summed E-state index contributed by atoms with van der Waals surface area (Å²) < 4.78 is 5.26. The van der Waals surface area contributed by atoms with E-state index in [0.717, 1.165) is 6.42 Å². The number of carboxylic acid groups (broad SMARTS) is 1. The van der Waals surface area contributed by atoms with Crippen molar-refractivity contribution in [2.75, 3.05) is 13.7 Å². The zero-order chi connectivity index (χ0) is 19.6. The highest BCUT2D eigenvalue weighted by molar-refractivity contribution is 6.31. The summed E-state index contributed by atoms with van der Waals surface area (Å²) in [5.74, 6) is -1.33. The van der Waals surface area contributed by atoms with E-state index >= 15 is 0 Å². The average Bonchev–Trinajstić information content (AvgIpc) is 3.30. The summed E-state index contributed by atoms with van der Waals surface area (Å²) in [4.78, 5) is 38.4. The van der Waals surface area contributed by atoms with E-state index in [-0.39, 0.29) is 17.9 Å². The van der Waals surface area contributed by atoms with Crippen LogP contribution in [0.2, 0.25) is 5.02 Å². The van der Waals surface area contributed by atoms with Gasteiger partial charge in [0.25, 0.3) is 5.91 Å². The summed E-state index contributed by atoms with van der Waals surface area (Å²) in [6.07, 6.45) is 2.95. The molecule has 2 aliphatic rings. The van der Waals surface area contributed by atoms with Crippen LogP contribution < -0.4 is 10.1 Å². The molecule has 3 atom stereocenters. The number of ether oxygens (including phenoxy) is 1. The third-order valence-electron chi connectivity index (χ3n) is 5.34. The van der Waals surface area contributed by atoms with Crippen LogP contribution in [-0.2, 0) is 9.59 Å². The molecule has 1 heterocycles. The quantitative estimate of drug-likeness (QED) is 0.799. The number of benzene rings is 1. The van der Waals surface area contributed by atoms with Gasteiger partial charge in [-0.1, -0.05) is 11.6 Å². The highest BCUT2D eigenvalue weighted by atomic mass is 35.5. The number of nitrogens with one attached hydrogen (secondary N) is 1. The molecule has 1 aromatic carbocycles. The molecule has 2 N–H and O–H groups in total. The number of hydrogen-bond donors (Lipinski definition) is 2. The maximum Gasteiger partial charge on any atom is 0.306 e.